The second-order valence-corrected chi connectivity index (χ2v) is 5.64. The Morgan fingerprint density at radius 2 is 2.22 bits per heavy atom. The van der Waals surface area contributed by atoms with Crippen LogP contribution in [0.4, 0.5) is 0 Å². The zero-order chi connectivity index (χ0) is 13.0. The van der Waals surface area contributed by atoms with Gasteiger partial charge in [0, 0.05) is 17.6 Å². The number of benzene rings is 1. The molecule has 2 rings (SSSR count). The molecule has 2 aromatic rings. The smallest absolute Gasteiger partial charge is 0.140 e. The van der Waals surface area contributed by atoms with Gasteiger partial charge in [-0.3, -0.25) is 0 Å². The third kappa shape index (κ3) is 3.31. The Kier molecular flexibility index (Phi) is 4.33. The molecule has 0 atom stereocenters. The van der Waals surface area contributed by atoms with Crippen LogP contribution in [0.15, 0.2) is 30.5 Å². The molecule has 0 amide bonds. The molecule has 0 aliphatic rings. The van der Waals surface area contributed by atoms with Gasteiger partial charge in [-0.05, 0) is 23.6 Å². The molecule has 1 heterocycles. The van der Waals surface area contributed by atoms with Gasteiger partial charge in [0.1, 0.15) is 17.4 Å². The molecule has 2 N–H and O–H groups in total. The first kappa shape index (κ1) is 13.1. The van der Waals surface area contributed by atoms with Crippen LogP contribution in [0.1, 0.15) is 35.2 Å². The van der Waals surface area contributed by atoms with E-state index in [4.69, 9.17) is 10.5 Å². The zero-order valence-corrected chi connectivity index (χ0v) is 11.5. The summed E-state index contributed by atoms with van der Waals surface area (Å²) in [7, 11) is 0. The third-order valence-electron chi connectivity index (χ3n) is 2.69. The van der Waals surface area contributed by atoms with Crippen LogP contribution < -0.4 is 10.5 Å². The van der Waals surface area contributed by atoms with Crippen molar-refractivity contribution in [2.45, 2.75) is 32.9 Å². The highest BCUT2D eigenvalue weighted by Gasteiger charge is 2.04. The minimum absolute atomic E-state index is 0.506. The van der Waals surface area contributed by atoms with E-state index in [9.17, 15) is 0 Å². The van der Waals surface area contributed by atoms with Crippen molar-refractivity contribution in [3.8, 4) is 5.75 Å². The summed E-state index contributed by atoms with van der Waals surface area (Å²) in [6.07, 6.45) is 1.81. The molecule has 96 valence electrons. The normalized spacial score (nSPS) is 10.9. The first-order valence-corrected chi connectivity index (χ1v) is 6.87. The third-order valence-corrected chi connectivity index (χ3v) is 3.68. The molecule has 0 spiro atoms. The lowest BCUT2D eigenvalue weighted by Gasteiger charge is -2.08. The van der Waals surface area contributed by atoms with E-state index in [0.717, 1.165) is 15.6 Å². The number of nitrogens with zero attached hydrogens (tertiary/aromatic N) is 1. The summed E-state index contributed by atoms with van der Waals surface area (Å²) < 4.78 is 5.75. The van der Waals surface area contributed by atoms with Gasteiger partial charge in [0.2, 0.25) is 0 Å². The van der Waals surface area contributed by atoms with E-state index in [1.807, 2.05) is 18.3 Å². The molecule has 0 saturated heterocycles. The van der Waals surface area contributed by atoms with Gasteiger partial charge in [-0.25, -0.2) is 4.98 Å². The van der Waals surface area contributed by atoms with Crippen molar-refractivity contribution in [1.82, 2.24) is 4.98 Å². The number of rotatable bonds is 5. The molecule has 4 heteroatoms. The second kappa shape index (κ2) is 5.98. The summed E-state index contributed by atoms with van der Waals surface area (Å²) in [5.74, 6) is 1.41. The average molecular weight is 262 g/mol. The van der Waals surface area contributed by atoms with Crippen molar-refractivity contribution in [3.05, 3.63) is 45.9 Å². The standard InChI is InChI=1S/C14H18N2OS/c1-10(2)11-4-3-5-12(6-11)17-9-14-16-8-13(7-15)18-14/h3-6,8,10H,7,9,15H2,1-2H3. The van der Waals surface area contributed by atoms with Crippen LogP contribution in [0.5, 0.6) is 5.75 Å². The second-order valence-electron chi connectivity index (χ2n) is 4.44. The molecule has 18 heavy (non-hydrogen) atoms. The fourth-order valence-electron chi connectivity index (χ4n) is 1.62. The molecular weight excluding hydrogens is 244 g/mol. The van der Waals surface area contributed by atoms with E-state index >= 15 is 0 Å². The van der Waals surface area contributed by atoms with E-state index in [1.54, 1.807) is 11.3 Å². The van der Waals surface area contributed by atoms with Gasteiger partial charge in [0.25, 0.3) is 0 Å². The maximum absolute atomic E-state index is 5.75. The minimum Gasteiger partial charge on any atom is -0.486 e. The van der Waals surface area contributed by atoms with E-state index in [2.05, 4.69) is 31.0 Å². The SMILES string of the molecule is CC(C)c1cccc(OCc2ncc(CN)s2)c1. The van der Waals surface area contributed by atoms with Crippen LogP contribution in [-0.4, -0.2) is 4.98 Å². The molecule has 0 aliphatic carbocycles. The Labute approximate surface area is 112 Å². The first-order chi connectivity index (χ1) is 8.69. The first-order valence-electron chi connectivity index (χ1n) is 6.05. The number of ether oxygens (including phenoxy) is 1. The van der Waals surface area contributed by atoms with Gasteiger partial charge in [-0.15, -0.1) is 11.3 Å². The lowest BCUT2D eigenvalue weighted by molar-refractivity contribution is 0.305. The fourth-order valence-corrected chi connectivity index (χ4v) is 2.33. The maximum atomic E-state index is 5.75. The van der Waals surface area contributed by atoms with E-state index in [1.165, 1.54) is 5.56 Å². The summed E-state index contributed by atoms with van der Waals surface area (Å²) in [5.41, 5.74) is 6.84. The molecular formula is C14H18N2OS. The Morgan fingerprint density at radius 1 is 1.39 bits per heavy atom. The highest BCUT2D eigenvalue weighted by molar-refractivity contribution is 7.11. The van der Waals surface area contributed by atoms with E-state index < -0.39 is 0 Å². The summed E-state index contributed by atoms with van der Waals surface area (Å²) in [6.45, 7) is 5.40. The van der Waals surface area contributed by atoms with Gasteiger partial charge in [0.05, 0.1) is 0 Å². The van der Waals surface area contributed by atoms with Crippen LogP contribution in [-0.2, 0) is 13.2 Å². The van der Waals surface area contributed by atoms with Crippen LogP contribution in [0, 0.1) is 0 Å². The molecule has 0 bridgehead atoms. The zero-order valence-electron chi connectivity index (χ0n) is 10.7. The highest BCUT2D eigenvalue weighted by atomic mass is 32.1. The Balaban J connectivity index is 1.99. The lowest BCUT2D eigenvalue weighted by Crippen LogP contribution is -1.96. The van der Waals surface area contributed by atoms with Crippen molar-refractivity contribution in [1.29, 1.82) is 0 Å². The van der Waals surface area contributed by atoms with Gasteiger partial charge in [-0.2, -0.15) is 0 Å². The molecule has 1 aromatic heterocycles. The molecule has 0 unspecified atom stereocenters. The number of aromatic nitrogens is 1. The van der Waals surface area contributed by atoms with Crippen LogP contribution in [0.3, 0.4) is 0 Å². The predicted molar refractivity (Wildman–Crippen MR) is 74.9 cm³/mol. The maximum Gasteiger partial charge on any atom is 0.140 e. The molecule has 0 saturated carbocycles. The van der Waals surface area contributed by atoms with Gasteiger partial charge < -0.3 is 10.5 Å². The van der Waals surface area contributed by atoms with Crippen molar-refractivity contribution < 1.29 is 4.74 Å². The van der Waals surface area contributed by atoms with Crippen molar-refractivity contribution in [2.24, 2.45) is 5.73 Å². The monoisotopic (exact) mass is 262 g/mol. The van der Waals surface area contributed by atoms with Crippen LogP contribution >= 0.6 is 11.3 Å². The fraction of sp³-hybridized carbons (Fsp3) is 0.357. The van der Waals surface area contributed by atoms with Crippen LogP contribution in [0.25, 0.3) is 0 Å². The highest BCUT2D eigenvalue weighted by Crippen LogP contribution is 2.21. The number of hydrogen-bond acceptors (Lipinski definition) is 4. The van der Waals surface area contributed by atoms with E-state index in [0.29, 0.717) is 19.1 Å². The quantitative estimate of drug-likeness (QED) is 0.899. The molecule has 0 aliphatic heterocycles. The van der Waals surface area contributed by atoms with E-state index in [-0.39, 0.29) is 0 Å². The van der Waals surface area contributed by atoms with Crippen molar-refractivity contribution in [3.63, 3.8) is 0 Å². The largest absolute Gasteiger partial charge is 0.486 e. The Morgan fingerprint density at radius 3 is 2.89 bits per heavy atom. The summed E-state index contributed by atoms with van der Waals surface area (Å²) in [4.78, 5) is 5.36. The number of hydrogen-bond donors (Lipinski definition) is 1. The predicted octanol–water partition coefficient (Wildman–Crippen LogP) is 3.30. The Bertz CT molecular complexity index is 508. The number of thiazole rings is 1. The topological polar surface area (TPSA) is 48.1 Å². The summed E-state index contributed by atoms with van der Waals surface area (Å²) in [6, 6.07) is 8.21. The minimum atomic E-state index is 0.506. The van der Waals surface area contributed by atoms with Crippen LogP contribution in [0.2, 0.25) is 0 Å². The van der Waals surface area contributed by atoms with Crippen molar-refractivity contribution in [2.75, 3.05) is 0 Å². The lowest BCUT2D eigenvalue weighted by atomic mass is 10.0. The number of nitrogens with two attached hydrogens (primary N) is 1. The average Bonchev–Trinajstić information content (AvgIpc) is 2.84. The van der Waals surface area contributed by atoms with Gasteiger partial charge in [-0.1, -0.05) is 26.0 Å². The molecule has 1 aromatic carbocycles. The van der Waals surface area contributed by atoms with Crippen molar-refractivity contribution >= 4 is 11.3 Å². The Hall–Kier alpha value is -1.39. The van der Waals surface area contributed by atoms with Gasteiger partial charge >= 0.3 is 0 Å². The molecule has 0 radical (unpaired) electrons. The molecule has 3 nitrogen and oxygen atoms in total. The summed E-state index contributed by atoms with van der Waals surface area (Å²) >= 11 is 1.60. The molecule has 0 fully saturated rings. The van der Waals surface area contributed by atoms with Gasteiger partial charge in [0.15, 0.2) is 0 Å². The summed E-state index contributed by atoms with van der Waals surface area (Å²) in [5, 5.41) is 0.963.